The number of amides is 1. The van der Waals surface area contributed by atoms with E-state index in [-0.39, 0.29) is 12.1 Å². The zero-order valence-electron chi connectivity index (χ0n) is 18.9. The SMILES string of the molecule is CC(C)(C)OC(=O)N(Cc1c(F)cc(-c2cccc(N)c2)cc1F)C1=Cc2ccccc2C1. The molecule has 0 fully saturated rings. The summed E-state index contributed by atoms with van der Waals surface area (Å²) in [5.41, 5.74) is 8.97. The molecule has 4 nitrogen and oxygen atoms in total. The first kappa shape index (κ1) is 22.5. The lowest BCUT2D eigenvalue weighted by Crippen LogP contribution is -2.36. The molecule has 0 atom stereocenters. The number of allylic oxidation sites excluding steroid dienone is 1. The summed E-state index contributed by atoms with van der Waals surface area (Å²) in [6, 6.07) is 17.1. The Labute approximate surface area is 192 Å². The molecule has 0 radical (unpaired) electrons. The number of fused-ring (bicyclic) bond motifs is 1. The van der Waals surface area contributed by atoms with Gasteiger partial charge in [0.1, 0.15) is 17.2 Å². The van der Waals surface area contributed by atoms with Crippen LogP contribution in [0.25, 0.3) is 17.2 Å². The molecule has 0 saturated carbocycles. The highest BCUT2D eigenvalue weighted by Crippen LogP contribution is 2.32. The molecule has 33 heavy (non-hydrogen) atoms. The maximum absolute atomic E-state index is 15.1. The molecule has 0 saturated heterocycles. The van der Waals surface area contributed by atoms with E-state index in [0.29, 0.717) is 28.9 Å². The number of halogens is 2. The van der Waals surface area contributed by atoms with Crippen LogP contribution in [0.15, 0.2) is 66.4 Å². The first-order valence-electron chi connectivity index (χ1n) is 10.7. The van der Waals surface area contributed by atoms with E-state index < -0.39 is 23.3 Å². The molecule has 0 spiro atoms. The molecule has 0 unspecified atom stereocenters. The van der Waals surface area contributed by atoms with Crippen LogP contribution in [0.2, 0.25) is 0 Å². The topological polar surface area (TPSA) is 55.6 Å². The summed E-state index contributed by atoms with van der Waals surface area (Å²) >= 11 is 0. The summed E-state index contributed by atoms with van der Waals surface area (Å²) in [6.45, 7) is 4.97. The van der Waals surface area contributed by atoms with Crippen LogP contribution in [0.5, 0.6) is 0 Å². The molecule has 1 aliphatic carbocycles. The molecule has 0 heterocycles. The molecule has 0 bridgehead atoms. The van der Waals surface area contributed by atoms with Crippen LogP contribution in [0.4, 0.5) is 19.3 Å². The molecular formula is C27H26F2N2O2. The van der Waals surface area contributed by atoms with Gasteiger partial charge < -0.3 is 10.5 Å². The number of nitrogen functional groups attached to an aromatic ring is 1. The fourth-order valence-electron chi connectivity index (χ4n) is 3.83. The van der Waals surface area contributed by atoms with E-state index in [1.54, 1.807) is 45.0 Å². The number of nitrogens with zero attached hydrogens (tertiary/aromatic N) is 1. The minimum atomic E-state index is -0.754. The third kappa shape index (κ3) is 5.06. The fourth-order valence-corrected chi connectivity index (χ4v) is 3.83. The minimum absolute atomic E-state index is 0.203. The average molecular weight is 449 g/mol. The Kier molecular flexibility index (Phi) is 5.93. The zero-order valence-corrected chi connectivity index (χ0v) is 18.9. The van der Waals surface area contributed by atoms with Crippen LogP contribution in [0.1, 0.15) is 37.5 Å². The molecule has 1 amide bonds. The number of carbonyl (C=O) groups is 1. The Bertz CT molecular complexity index is 1220. The first-order valence-corrected chi connectivity index (χ1v) is 10.7. The molecule has 1 aliphatic rings. The van der Waals surface area contributed by atoms with Gasteiger partial charge in [0.25, 0.3) is 0 Å². The minimum Gasteiger partial charge on any atom is -0.443 e. The molecule has 6 heteroatoms. The van der Waals surface area contributed by atoms with E-state index in [2.05, 4.69) is 0 Å². The van der Waals surface area contributed by atoms with Crippen LogP contribution in [-0.2, 0) is 17.7 Å². The molecule has 0 aliphatic heterocycles. The molecule has 4 rings (SSSR count). The van der Waals surface area contributed by atoms with Crippen molar-refractivity contribution in [1.82, 2.24) is 4.90 Å². The van der Waals surface area contributed by atoms with Gasteiger partial charge >= 0.3 is 6.09 Å². The van der Waals surface area contributed by atoms with Gasteiger partial charge in [-0.25, -0.2) is 13.6 Å². The lowest BCUT2D eigenvalue weighted by Gasteiger charge is -2.28. The van der Waals surface area contributed by atoms with Crippen molar-refractivity contribution in [2.75, 3.05) is 5.73 Å². The van der Waals surface area contributed by atoms with Crippen LogP contribution in [-0.4, -0.2) is 16.6 Å². The lowest BCUT2D eigenvalue weighted by molar-refractivity contribution is 0.0296. The zero-order chi connectivity index (χ0) is 23.8. The largest absolute Gasteiger partial charge is 0.443 e. The van der Waals surface area contributed by atoms with Gasteiger partial charge in [-0.1, -0.05) is 36.4 Å². The third-order valence-electron chi connectivity index (χ3n) is 5.39. The Morgan fingerprint density at radius 2 is 1.70 bits per heavy atom. The van der Waals surface area contributed by atoms with Crippen molar-refractivity contribution in [2.45, 2.75) is 39.3 Å². The summed E-state index contributed by atoms with van der Waals surface area (Å²) in [5, 5.41) is 0. The highest BCUT2D eigenvalue weighted by molar-refractivity contribution is 5.75. The van der Waals surface area contributed by atoms with E-state index in [0.717, 1.165) is 11.1 Å². The Morgan fingerprint density at radius 3 is 2.33 bits per heavy atom. The second kappa shape index (κ2) is 8.70. The van der Waals surface area contributed by atoms with E-state index in [4.69, 9.17) is 10.5 Å². The Balaban J connectivity index is 1.68. The van der Waals surface area contributed by atoms with Gasteiger partial charge in [-0.2, -0.15) is 0 Å². The van der Waals surface area contributed by atoms with Gasteiger partial charge in [0.05, 0.1) is 6.54 Å². The first-order chi connectivity index (χ1) is 15.6. The number of rotatable bonds is 4. The molecular weight excluding hydrogens is 422 g/mol. The summed E-state index contributed by atoms with van der Waals surface area (Å²) in [7, 11) is 0. The van der Waals surface area contributed by atoms with Crippen molar-refractivity contribution in [3.8, 4) is 11.1 Å². The van der Waals surface area contributed by atoms with Gasteiger partial charge in [0.15, 0.2) is 0 Å². The quantitative estimate of drug-likeness (QED) is 0.461. The third-order valence-corrected chi connectivity index (χ3v) is 5.39. The molecule has 0 aromatic heterocycles. The van der Waals surface area contributed by atoms with Crippen molar-refractivity contribution in [3.05, 3.63) is 94.7 Å². The number of hydrogen-bond acceptors (Lipinski definition) is 3. The van der Waals surface area contributed by atoms with Gasteiger partial charge in [0.2, 0.25) is 0 Å². The highest BCUT2D eigenvalue weighted by Gasteiger charge is 2.29. The standard InChI is InChI=1S/C27H26F2N2O2/c1-27(2,3)33-26(32)31(22-12-18-7-4-5-8-19(18)13-22)16-23-24(28)14-20(15-25(23)29)17-9-6-10-21(30)11-17/h4-12,14-15H,13,16,30H2,1-3H3. The predicted octanol–water partition coefficient (Wildman–Crippen LogP) is 6.55. The second-order valence-electron chi connectivity index (χ2n) is 9.12. The van der Waals surface area contributed by atoms with Gasteiger partial charge in [-0.05, 0) is 73.4 Å². The van der Waals surface area contributed by atoms with Crippen molar-refractivity contribution in [3.63, 3.8) is 0 Å². The smallest absolute Gasteiger partial charge is 0.414 e. The van der Waals surface area contributed by atoms with E-state index in [1.807, 2.05) is 30.3 Å². The number of carbonyl (C=O) groups excluding carboxylic acids is 1. The molecule has 3 aromatic rings. The Morgan fingerprint density at radius 1 is 1.00 bits per heavy atom. The average Bonchev–Trinajstić information content (AvgIpc) is 3.15. The van der Waals surface area contributed by atoms with Gasteiger partial charge in [-0.15, -0.1) is 0 Å². The summed E-state index contributed by atoms with van der Waals surface area (Å²) in [5.74, 6) is -1.48. The number of nitrogens with two attached hydrogens (primary N) is 1. The maximum atomic E-state index is 15.1. The normalized spacial score (nSPS) is 12.8. The number of anilines is 1. The molecule has 3 aromatic carbocycles. The van der Waals surface area contributed by atoms with Crippen molar-refractivity contribution in [2.24, 2.45) is 0 Å². The molecule has 170 valence electrons. The molecule has 2 N–H and O–H groups in total. The lowest BCUT2D eigenvalue weighted by atomic mass is 10.0. The van der Waals surface area contributed by atoms with Gasteiger partial charge in [-0.3, -0.25) is 4.90 Å². The number of hydrogen-bond donors (Lipinski definition) is 1. The van der Waals surface area contributed by atoms with Crippen LogP contribution < -0.4 is 5.73 Å². The van der Waals surface area contributed by atoms with Crippen molar-refractivity contribution >= 4 is 17.9 Å². The second-order valence-corrected chi connectivity index (χ2v) is 9.12. The van der Waals surface area contributed by atoms with E-state index >= 15 is 8.78 Å². The van der Waals surface area contributed by atoms with Crippen LogP contribution >= 0.6 is 0 Å². The summed E-state index contributed by atoms with van der Waals surface area (Å²) in [6.07, 6.45) is 1.68. The van der Waals surface area contributed by atoms with E-state index in [9.17, 15) is 4.79 Å². The predicted molar refractivity (Wildman–Crippen MR) is 126 cm³/mol. The van der Waals surface area contributed by atoms with Crippen molar-refractivity contribution < 1.29 is 18.3 Å². The monoisotopic (exact) mass is 448 g/mol. The van der Waals surface area contributed by atoms with E-state index in [1.165, 1.54) is 17.0 Å². The Hall–Kier alpha value is -3.67. The fraction of sp³-hybridized carbons (Fsp3) is 0.222. The number of ether oxygens (including phenoxy) is 1. The van der Waals surface area contributed by atoms with Crippen LogP contribution in [0.3, 0.4) is 0 Å². The number of benzene rings is 3. The highest BCUT2D eigenvalue weighted by atomic mass is 19.1. The van der Waals surface area contributed by atoms with Crippen molar-refractivity contribution in [1.29, 1.82) is 0 Å². The summed E-state index contributed by atoms with van der Waals surface area (Å²) < 4.78 is 35.8. The maximum Gasteiger partial charge on any atom is 0.414 e. The van der Waals surface area contributed by atoms with Crippen LogP contribution in [0, 0.1) is 11.6 Å². The summed E-state index contributed by atoms with van der Waals surface area (Å²) in [4.78, 5) is 14.4. The van der Waals surface area contributed by atoms with Gasteiger partial charge in [0, 0.05) is 23.4 Å².